The molecule has 0 fully saturated rings. The number of hydroxylamine groups is 1. The highest BCUT2D eigenvalue weighted by Crippen LogP contribution is 2.10. The zero-order valence-electron chi connectivity index (χ0n) is 9.27. The molecule has 0 aliphatic carbocycles. The molecular formula is C13H13ClN2O. The Hall–Kier alpha value is -1.42. The van der Waals surface area contributed by atoms with Gasteiger partial charge in [-0.3, -0.25) is 4.84 Å². The van der Waals surface area contributed by atoms with Crippen LogP contribution in [0.2, 0.25) is 5.15 Å². The molecule has 1 aromatic heterocycles. The van der Waals surface area contributed by atoms with Crippen molar-refractivity contribution in [2.24, 2.45) is 0 Å². The summed E-state index contributed by atoms with van der Waals surface area (Å²) in [5.74, 6) is 0. The van der Waals surface area contributed by atoms with E-state index in [1.807, 2.05) is 42.5 Å². The first-order valence-corrected chi connectivity index (χ1v) is 5.72. The highest BCUT2D eigenvalue weighted by atomic mass is 35.5. The lowest BCUT2D eigenvalue weighted by molar-refractivity contribution is 0.0235. The van der Waals surface area contributed by atoms with E-state index in [1.54, 1.807) is 6.20 Å². The maximum atomic E-state index is 5.91. The fourth-order valence-corrected chi connectivity index (χ4v) is 1.57. The molecule has 0 spiro atoms. The van der Waals surface area contributed by atoms with Crippen LogP contribution in [0.25, 0.3) is 0 Å². The predicted octanol–water partition coefficient (Wildman–Crippen LogP) is 2.96. The monoisotopic (exact) mass is 248 g/mol. The van der Waals surface area contributed by atoms with Crippen LogP contribution in [0, 0.1) is 0 Å². The third-order valence-electron chi connectivity index (χ3n) is 2.28. The molecule has 2 rings (SSSR count). The second-order valence-electron chi connectivity index (χ2n) is 3.55. The molecule has 88 valence electrons. The largest absolute Gasteiger partial charge is 0.297 e. The van der Waals surface area contributed by atoms with E-state index in [1.165, 1.54) is 0 Å². The SMILES string of the molecule is Clc1ncccc1CNOCc1ccccc1. The second kappa shape index (κ2) is 6.35. The summed E-state index contributed by atoms with van der Waals surface area (Å²) in [5, 5.41) is 0.503. The van der Waals surface area contributed by atoms with Gasteiger partial charge in [-0.15, -0.1) is 0 Å². The maximum Gasteiger partial charge on any atom is 0.133 e. The van der Waals surface area contributed by atoms with Crippen LogP contribution in [0.3, 0.4) is 0 Å². The first-order valence-electron chi connectivity index (χ1n) is 5.34. The summed E-state index contributed by atoms with van der Waals surface area (Å²) < 4.78 is 0. The van der Waals surface area contributed by atoms with Crippen LogP contribution in [-0.2, 0) is 18.0 Å². The molecule has 2 aromatic rings. The van der Waals surface area contributed by atoms with Crippen LogP contribution in [0.4, 0.5) is 0 Å². The van der Waals surface area contributed by atoms with Crippen LogP contribution in [-0.4, -0.2) is 4.98 Å². The van der Waals surface area contributed by atoms with E-state index in [0.717, 1.165) is 11.1 Å². The molecule has 4 heteroatoms. The number of halogens is 1. The van der Waals surface area contributed by atoms with Crippen LogP contribution in [0.5, 0.6) is 0 Å². The van der Waals surface area contributed by atoms with E-state index in [0.29, 0.717) is 18.3 Å². The van der Waals surface area contributed by atoms with Gasteiger partial charge in [0.1, 0.15) is 5.15 Å². The van der Waals surface area contributed by atoms with Crippen molar-refractivity contribution in [3.8, 4) is 0 Å². The van der Waals surface area contributed by atoms with Crippen LogP contribution in [0.15, 0.2) is 48.7 Å². The second-order valence-corrected chi connectivity index (χ2v) is 3.91. The molecule has 1 aromatic carbocycles. The van der Waals surface area contributed by atoms with Crippen LogP contribution < -0.4 is 5.48 Å². The van der Waals surface area contributed by atoms with E-state index in [2.05, 4.69) is 10.5 Å². The van der Waals surface area contributed by atoms with Gasteiger partial charge in [-0.1, -0.05) is 48.0 Å². The Morgan fingerprint density at radius 3 is 2.71 bits per heavy atom. The summed E-state index contributed by atoms with van der Waals surface area (Å²) in [4.78, 5) is 9.33. The number of nitrogens with one attached hydrogen (secondary N) is 1. The van der Waals surface area contributed by atoms with Gasteiger partial charge in [-0.2, -0.15) is 5.48 Å². The van der Waals surface area contributed by atoms with Crippen molar-refractivity contribution in [2.45, 2.75) is 13.2 Å². The smallest absolute Gasteiger partial charge is 0.133 e. The summed E-state index contributed by atoms with van der Waals surface area (Å²) in [6.45, 7) is 1.07. The summed E-state index contributed by atoms with van der Waals surface area (Å²) in [7, 11) is 0. The highest BCUT2D eigenvalue weighted by molar-refractivity contribution is 6.30. The molecule has 0 atom stereocenters. The zero-order chi connectivity index (χ0) is 11.9. The molecule has 0 saturated carbocycles. The van der Waals surface area contributed by atoms with Gasteiger partial charge in [0, 0.05) is 18.3 Å². The number of benzene rings is 1. The van der Waals surface area contributed by atoms with Crippen molar-refractivity contribution in [1.29, 1.82) is 0 Å². The molecule has 3 nitrogen and oxygen atoms in total. The fraction of sp³-hybridized carbons (Fsp3) is 0.154. The van der Waals surface area contributed by atoms with Gasteiger partial charge in [-0.05, 0) is 11.6 Å². The average Bonchev–Trinajstić information content (AvgIpc) is 2.38. The van der Waals surface area contributed by atoms with Gasteiger partial charge < -0.3 is 0 Å². The predicted molar refractivity (Wildman–Crippen MR) is 67.3 cm³/mol. The van der Waals surface area contributed by atoms with E-state index in [4.69, 9.17) is 16.4 Å². The summed E-state index contributed by atoms with van der Waals surface area (Å²) in [6.07, 6.45) is 1.66. The van der Waals surface area contributed by atoms with E-state index in [-0.39, 0.29) is 0 Å². The van der Waals surface area contributed by atoms with Crippen molar-refractivity contribution in [1.82, 2.24) is 10.5 Å². The lowest BCUT2D eigenvalue weighted by atomic mass is 10.2. The summed E-state index contributed by atoms with van der Waals surface area (Å²) in [5.41, 5.74) is 4.91. The van der Waals surface area contributed by atoms with Gasteiger partial charge in [-0.25, -0.2) is 4.98 Å². The molecule has 1 heterocycles. The Morgan fingerprint density at radius 2 is 1.94 bits per heavy atom. The molecule has 0 unspecified atom stereocenters. The van der Waals surface area contributed by atoms with E-state index < -0.39 is 0 Å². The first-order chi connectivity index (χ1) is 8.36. The molecule has 17 heavy (non-hydrogen) atoms. The molecule has 0 aliphatic rings. The normalized spacial score (nSPS) is 10.4. The van der Waals surface area contributed by atoms with Gasteiger partial charge in [0.25, 0.3) is 0 Å². The van der Waals surface area contributed by atoms with Gasteiger partial charge in [0.05, 0.1) is 6.61 Å². The zero-order valence-corrected chi connectivity index (χ0v) is 10.0. The minimum absolute atomic E-state index is 0.503. The molecule has 0 bridgehead atoms. The van der Waals surface area contributed by atoms with Gasteiger partial charge in [0.15, 0.2) is 0 Å². The Labute approximate surface area is 105 Å². The number of hydrogen-bond acceptors (Lipinski definition) is 3. The van der Waals surface area contributed by atoms with Crippen molar-refractivity contribution in [3.05, 3.63) is 64.9 Å². The lowest BCUT2D eigenvalue weighted by Crippen LogP contribution is -2.14. The molecule has 0 saturated heterocycles. The van der Waals surface area contributed by atoms with Crippen molar-refractivity contribution in [2.75, 3.05) is 0 Å². The minimum atomic E-state index is 0.503. The van der Waals surface area contributed by atoms with Crippen LogP contribution in [0.1, 0.15) is 11.1 Å². The summed E-state index contributed by atoms with van der Waals surface area (Å²) in [6, 6.07) is 13.7. The molecule has 1 N–H and O–H groups in total. The number of pyridine rings is 1. The number of nitrogens with zero attached hydrogens (tertiary/aromatic N) is 1. The van der Waals surface area contributed by atoms with Gasteiger partial charge >= 0.3 is 0 Å². The first kappa shape index (κ1) is 12.0. The average molecular weight is 249 g/mol. The Morgan fingerprint density at radius 1 is 1.12 bits per heavy atom. The number of rotatable bonds is 5. The highest BCUT2D eigenvalue weighted by Gasteiger charge is 1.99. The molecule has 0 radical (unpaired) electrons. The molecule has 0 amide bonds. The van der Waals surface area contributed by atoms with Crippen LogP contribution >= 0.6 is 11.6 Å². The quantitative estimate of drug-likeness (QED) is 0.502. The van der Waals surface area contributed by atoms with Crippen molar-refractivity contribution in [3.63, 3.8) is 0 Å². The third kappa shape index (κ3) is 3.82. The van der Waals surface area contributed by atoms with E-state index >= 15 is 0 Å². The molecule has 0 aliphatic heterocycles. The number of hydrogen-bond donors (Lipinski definition) is 1. The summed E-state index contributed by atoms with van der Waals surface area (Å²) >= 11 is 5.91. The minimum Gasteiger partial charge on any atom is -0.297 e. The van der Waals surface area contributed by atoms with Gasteiger partial charge in [0.2, 0.25) is 0 Å². The standard InChI is InChI=1S/C13H13ClN2O/c14-13-12(7-4-8-15-13)9-16-17-10-11-5-2-1-3-6-11/h1-8,16H,9-10H2. The van der Waals surface area contributed by atoms with E-state index in [9.17, 15) is 0 Å². The van der Waals surface area contributed by atoms with Crippen molar-refractivity contribution >= 4 is 11.6 Å². The molecular weight excluding hydrogens is 236 g/mol. The van der Waals surface area contributed by atoms with Crippen molar-refractivity contribution < 1.29 is 4.84 Å². The lowest BCUT2D eigenvalue weighted by Gasteiger charge is -2.06. The topological polar surface area (TPSA) is 34.2 Å². The maximum absolute atomic E-state index is 5.91. The Kier molecular flexibility index (Phi) is 4.50. The fourth-order valence-electron chi connectivity index (χ4n) is 1.39. The third-order valence-corrected chi connectivity index (χ3v) is 2.62. The Bertz CT molecular complexity index is 462. The number of aromatic nitrogens is 1. The Balaban J connectivity index is 1.76.